The molecule has 15 heavy (non-hydrogen) atoms. The van der Waals surface area contributed by atoms with E-state index in [-0.39, 0.29) is 0 Å². The van der Waals surface area contributed by atoms with Crippen LogP contribution in [0.5, 0.6) is 0 Å². The highest BCUT2D eigenvalue weighted by atomic mass is 127. The lowest BCUT2D eigenvalue weighted by molar-refractivity contribution is 0.516. The Morgan fingerprint density at radius 1 is 1.27 bits per heavy atom. The molecule has 0 amide bonds. The Balaban J connectivity index is 1.99. The fourth-order valence-corrected chi connectivity index (χ4v) is 2.63. The van der Waals surface area contributed by atoms with Crippen LogP contribution in [0.25, 0.3) is 0 Å². The van der Waals surface area contributed by atoms with Crippen LogP contribution >= 0.6 is 22.6 Å². The van der Waals surface area contributed by atoms with Crippen LogP contribution in [0.2, 0.25) is 0 Å². The van der Waals surface area contributed by atoms with Crippen LogP contribution in [0.3, 0.4) is 0 Å². The van der Waals surface area contributed by atoms with Gasteiger partial charge in [-0.3, -0.25) is 0 Å². The Morgan fingerprint density at radius 3 is 2.67 bits per heavy atom. The first-order valence-electron chi connectivity index (χ1n) is 5.52. The molecule has 1 aliphatic carbocycles. The summed E-state index contributed by atoms with van der Waals surface area (Å²) in [7, 11) is 0. The summed E-state index contributed by atoms with van der Waals surface area (Å²) in [5.41, 5.74) is 6.98. The Morgan fingerprint density at radius 2 is 2.00 bits per heavy atom. The smallest absolute Gasteiger partial charge is 0.0343 e. The molecular formula is C12H17IN2. The van der Waals surface area contributed by atoms with Gasteiger partial charge in [0.15, 0.2) is 0 Å². The van der Waals surface area contributed by atoms with Crippen molar-refractivity contribution in [2.45, 2.75) is 25.3 Å². The van der Waals surface area contributed by atoms with Gasteiger partial charge in [0.2, 0.25) is 0 Å². The number of benzene rings is 1. The van der Waals surface area contributed by atoms with Gasteiger partial charge in [0.25, 0.3) is 0 Å². The van der Waals surface area contributed by atoms with E-state index in [1.807, 2.05) is 0 Å². The van der Waals surface area contributed by atoms with E-state index in [9.17, 15) is 0 Å². The van der Waals surface area contributed by atoms with Crippen molar-refractivity contribution in [3.8, 4) is 0 Å². The third-order valence-corrected chi connectivity index (χ3v) is 3.88. The number of halogens is 1. The molecule has 1 aliphatic rings. The van der Waals surface area contributed by atoms with Crippen molar-refractivity contribution in [3.63, 3.8) is 0 Å². The van der Waals surface area contributed by atoms with Gasteiger partial charge >= 0.3 is 0 Å². The van der Waals surface area contributed by atoms with Crippen molar-refractivity contribution < 1.29 is 0 Å². The second kappa shape index (κ2) is 5.16. The molecule has 0 saturated heterocycles. The molecule has 3 heteroatoms. The van der Waals surface area contributed by atoms with Crippen LogP contribution in [-0.4, -0.2) is 12.6 Å². The van der Waals surface area contributed by atoms with E-state index >= 15 is 0 Å². The van der Waals surface area contributed by atoms with E-state index in [1.54, 1.807) is 0 Å². The van der Waals surface area contributed by atoms with Crippen LogP contribution in [0, 0.1) is 9.49 Å². The highest BCUT2D eigenvalue weighted by Gasteiger charge is 2.25. The van der Waals surface area contributed by atoms with Gasteiger partial charge in [-0.15, -0.1) is 0 Å². The number of hydrogen-bond donors (Lipinski definition) is 2. The minimum Gasteiger partial charge on any atom is -0.382 e. The molecule has 2 atom stereocenters. The Bertz CT molecular complexity index is 310. The third kappa shape index (κ3) is 2.84. The Kier molecular flexibility index (Phi) is 3.86. The molecule has 0 heterocycles. The van der Waals surface area contributed by atoms with Crippen molar-refractivity contribution in [2.24, 2.45) is 11.7 Å². The average molecular weight is 316 g/mol. The molecule has 0 aliphatic heterocycles. The maximum Gasteiger partial charge on any atom is 0.0343 e. The molecular weight excluding hydrogens is 299 g/mol. The molecule has 1 fully saturated rings. The third-order valence-electron chi connectivity index (χ3n) is 3.16. The molecule has 0 aromatic heterocycles. The lowest BCUT2D eigenvalue weighted by atomic mass is 10.0. The summed E-state index contributed by atoms with van der Waals surface area (Å²) in [4.78, 5) is 0. The number of hydrogen-bond acceptors (Lipinski definition) is 2. The molecule has 0 spiro atoms. The molecule has 2 rings (SSSR count). The van der Waals surface area contributed by atoms with Crippen molar-refractivity contribution in [1.82, 2.24) is 0 Å². The first kappa shape index (κ1) is 11.2. The lowest BCUT2D eigenvalue weighted by Crippen LogP contribution is -2.29. The van der Waals surface area contributed by atoms with Crippen LogP contribution < -0.4 is 11.1 Å². The van der Waals surface area contributed by atoms with Gasteiger partial charge in [-0.1, -0.05) is 6.42 Å². The number of rotatable bonds is 3. The molecule has 3 N–H and O–H groups in total. The van der Waals surface area contributed by atoms with Gasteiger partial charge in [0.1, 0.15) is 0 Å². The fraction of sp³-hybridized carbons (Fsp3) is 0.500. The normalized spacial score (nSPS) is 25.5. The van der Waals surface area contributed by atoms with Crippen molar-refractivity contribution >= 4 is 28.3 Å². The van der Waals surface area contributed by atoms with Crippen LogP contribution in [0.4, 0.5) is 5.69 Å². The number of nitrogens with one attached hydrogen (secondary N) is 1. The first-order valence-corrected chi connectivity index (χ1v) is 6.59. The number of anilines is 1. The van der Waals surface area contributed by atoms with E-state index in [4.69, 9.17) is 5.73 Å². The predicted octanol–water partition coefficient (Wildman–Crippen LogP) is 2.83. The van der Waals surface area contributed by atoms with Gasteiger partial charge in [-0.2, -0.15) is 0 Å². The second-order valence-corrected chi connectivity index (χ2v) is 5.43. The highest BCUT2D eigenvalue weighted by Crippen LogP contribution is 2.27. The molecule has 2 nitrogen and oxygen atoms in total. The summed E-state index contributed by atoms with van der Waals surface area (Å²) in [6.45, 7) is 0.808. The van der Waals surface area contributed by atoms with E-state index < -0.39 is 0 Å². The molecule has 0 bridgehead atoms. The van der Waals surface area contributed by atoms with Gasteiger partial charge in [-0.25, -0.2) is 0 Å². The topological polar surface area (TPSA) is 38.0 Å². The maximum absolute atomic E-state index is 5.76. The summed E-state index contributed by atoms with van der Waals surface area (Å²) in [5, 5.41) is 3.59. The van der Waals surface area contributed by atoms with Crippen molar-refractivity contribution in [3.05, 3.63) is 27.8 Å². The standard InChI is InChI=1S/C12H17IN2/c13-10-4-6-11(7-5-10)15-12-3-1-2-9(12)8-14/h4-7,9,12,15H,1-3,8,14H2. The molecule has 0 radical (unpaired) electrons. The minimum atomic E-state index is 0.579. The van der Waals surface area contributed by atoms with Gasteiger partial charge in [0, 0.05) is 15.3 Å². The van der Waals surface area contributed by atoms with Crippen molar-refractivity contribution in [1.29, 1.82) is 0 Å². The lowest BCUT2D eigenvalue weighted by Gasteiger charge is -2.20. The number of nitrogens with two attached hydrogens (primary N) is 1. The minimum absolute atomic E-state index is 0.579. The summed E-state index contributed by atoms with van der Waals surface area (Å²) in [5.74, 6) is 0.657. The molecule has 2 unspecified atom stereocenters. The predicted molar refractivity (Wildman–Crippen MR) is 73.0 cm³/mol. The molecule has 82 valence electrons. The Hall–Kier alpha value is -0.290. The zero-order valence-electron chi connectivity index (χ0n) is 8.75. The molecule has 1 aromatic carbocycles. The summed E-state index contributed by atoms with van der Waals surface area (Å²) in [6.07, 6.45) is 3.84. The van der Waals surface area contributed by atoms with Gasteiger partial charge < -0.3 is 11.1 Å². The van der Waals surface area contributed by atoms with Gasteiger partial charge in [-0.05, 0) is 72.2 Å². The van der Waals surface area contributed by atoms with Crippen LogP contribution in [0.15, 0.2) is 24.3 Å². The first-order chi connectivity index (χ1) is 7.29. The van der Waals surface area contributed by atoms with E-state index in [0.717, 1.165) is 6.54 Å². The summed E-state index contributed by atoms with van der Waals surface area (Å²) < 4.78 is 1.28. The average Bonchev–Trinajstić information content (AvgIpc) is 2.69. The highest BCUT2D eigenvalue weighted by molar-refractivity contribution is 14.1. The quantitative estimate of drug-likeness (QED) is 0.842. The molecule has 1 saturated carbocycles. The van der Waals surface area contributed by atoms with E-state index in [2.05, 4.69) is 52.2 Å². The largest absolute Gasteiger partial charge is 0.382 e. The van der Waals surface area contributed by atoms with Crippen molar-refractivity contribution in [2.75, 3.05) is 11.9 Å². The van der Waals surface area contributed by atoms with E-state index in [0.29, 0.717) is 12.0 Å². The fourth-order valence-electron chi connectivity index (χ4n) is 2.27. The van der Waals surface area contributed by atoms with Crippen LogP contribution in [-0.2, 0) is 0 Å². The monoisotopic (exact) mass is 316 g/mol. The second-order valence-electron chi connectivity index (χ2n) is 4.18. The zero-order valence-corrected chi connectivity index (χ0v) is 10.9. The Labute approximate surface area is 105 Å². The van der Waals surface area contributed by atoms with E-state index in [1.165, 1.54) is 28.5 Å². The SMILES string of the molecule is NCC1CCCC1Nc1ccc(I)cc1. The maximum atomic E-state index is 5.76. The van der Waals surface area contributed by atoms with Gasteiger partial charge in [0.05, 0.1) is 0 Å². The zero-order chi connectivity index (χ0) is 10.7. The summed E-state index contributed by atoms with van der Waals surface area (Å²) in [6, 6.07) is 9.14. The summed E-state index contributed by atoms with van der Waals surface area (Å²) >= 11 is 2.32. The van der Waals surface area contributed by atoms with Crippen LogP contribution in [0.1, 0.15) is 19.3 Å². The molecule has 1 aromatic rings.